The van der Waals surface area contributed by atoms with Crippen LogP contribution in [0.3, 0.4) is 0 Å². The highest BCUT2D eigenvalue weighted by Gasteiger charge is 2.39. The van der Waals surface area contributed by atoms with Crippen LogP contribution < -0.4 is 0 Å². The maximum atomic E-state index is 5.70. The molecule has 0 saturated carbocycles. The van der Waals surface area contributed by atoms with Gasteiger partial charge in [-0.3, -0.25) is 0 Å². The molecule has 0 aliphatic carbocycles. The topological polar surface area (TPSA) is 27.7 Å². The van der Waals surface area contributed by atoms with Crippen LogP contribution in [0.15, 0.2) is 24.3 Å². The van der Waals surface area contributed by atoms with Crippen molar-refractivity contribution in [2.75, 3.05) is 21.3 Å². The minimum atomic E-state index is -0.946. The van der Waals surface area contributed by atoms with Crippen LogP contribution in [0.2, 0.25) is 0 Å². The zero-order valence-electron chi connectivity index (χ0n) is 18.6. The first-order chi connectivity index (χ1) is 13.6. The number of hydrogen-bond acceptors (Lipinski definition) is 3. The number of methoxy groups -OCH3 is 3. The Morgan fingerprint density at radius 2 is 1.39 bits per heavy atom. The normalized spacial score (nSPS) is 14.2. The number of aryl methyl sites for hydroxylation is 1. The van der Waals surface area contributed by atoms with Crippen molar-refractivity contribution in [3.05, 3.63) is 35.4 Å². The molecule has 0 heterocycles. The molecule has 1 aromatic carbocycles. The van der Waals surface area contributed by atoms with Gasteiger partial charge in [-0.15, -0.1) is 0 Å². The number of benzene rings is 1. The number of rotatable bonds is 16. The first-order valence-electron chi connectivity index (χ1n) is 10.9. The molecule has 1 aromatic rings. The predicted octanol–water partition coefficient (Wildman–Crippen LogP) is 7.47. The van der Waals surface area contributed by atoms with Crippen LogP contribution in [0, 0.1) is 5.92 Å². The molecule has 0 N–H and O–H groups in total. The van der Waals surface area contributed by atoms with Gasteiger partial charge in [0.2, 0.25) is 0 Å². The molecule has 0 radical (unpaired) electrons. The molecule has 0 aliphatic rings. The Hall–Kier alpha value is -0.170. The standard InChI is InChI=1S/C24H41IO3/c1-6-8-9-10-11-12-13-22(24(26-3,27-4)28-5)19-16-20-14-17-21(18-15-20)23(25)7-2/h14-15,17-18,22-23H,6-13,16,19H2,1-5H3. The lowest BCUT2D eigenvalue weighted by atomic mass is 9.91. The molecule has 0 aliphatic heterocycles. The predicted molar refractivity (Wildman–Crippen MR) is 127 cm³/mol. The lowest BCUT2D eigenvalue weighted by Crippen LogP contribution is -2.44. The Bertz CT molecular complexity index is 491. The minimum absolute atomic E-state index is 0.214. The van der Waals surface area contributed by atoms with Crippen molar-refractivity contribution >= 4 is 22.6 Å². The summed E-state index contributed by atoms with van der Waals surface area (Å²) in [5, 5.41) is 0. The van der Waals surface area contributed by atoms with Gasteiger partial charge in [-0.2, -0.15) is 0 Å². The van der Waals surface area contributed by atoms with E-state index in [0.717, 1.165) is 25.7 Å². The van der Waals surface area contributed by atoms with E-state index in [1.54, 1.807) is 21.3 Å². The number of alkyl halides is 1. The molecular weight excluding hydrogens is 463 g/mol. The second-order valence-electron chi connectivity index (χ2n) is 7.63. The highest BCUT2D eigenvalue weighted by atomic mass is 127. The monoisotopic (exact) mass is 504 g/mol. The van der Waals surface area contributed by atoms with Crippen molar-refractivity contribution in [1.29, 1.82) is 0 Å². The van der Waals surface area contributed by atoms with Crippen LogP contribution in [-0.2, 0) is 20.6 Å². The summed E-state index contributed by atoms with van der Waals surface area (Å²) in [6.45, 7) is 4.49. The van der Waals surface area contributed by atoms with Crippen LogP contribution in [-0.4, -0.2) is 27.3 Å². The number of unbranched alkanes of at least 4 members (excludes halogenated alkanes) is 5. The molecule has 1 rings (SSSR count). The van der Waals surface area contributed by atoms with Crippen molar-refractivity contribution in [2.24, 2.45) is 5.92 Å². The lowest BCUT2D eigenvalue weighted by Gasteiger charge is -2.36. The van der Waals surface area contributed by atoms with E-state index in [9.17, 15) is 0 Å². The maximum Gasteiger partial charge on any atom is 0.285 e. The Kier molecular flexibility index (Phi) is 13.6. The average Bonchev–Trinajstić information content (AvgIpc) is 2.75. The molecule has 4 heteroatoms. The first-order valence-corrected chi connectivity index (χ1v) is 12.2. The molecule has 3 nitrogen and oxygen atoms in total. The summed E-state index contributed by atoms with van der Waals surface area (Å²) in [5.74, 6) is -0.731. The van der Waals surface area contributed by atoms with Crippen molar-refractivity contribution in [2.45, 2.75) is 88.0 Å². The molecule has 0 fully saturated rings. The van der Waals surface area contributed by atoms with Gasteiger partial charge in [0.25, 0.3) is 5.97 Å². The highest BCUT2D eigenvalue weighted by molar-refractivity contribution is 14.1. The van der Waals surface area contributed by atoms with E-state index in [0.29, 0.717) is 3.92 Å². The molecule has 162 valence electrons. The molecule has 0 spiro atoms. The molecule has 2 atom stereocenters. The van der Waals surface area contributed by atoms with Crippen LogP contribution in [0.1, 0.15) is 86.7 Å². The van der Waals surface area contributed by atoms with E-state index >= 15 is 0 Å². The minimum Gasteiger partial charge on any atom is -0.331 e. The third kappa shape index (κ3) is 8.29. The number of hydrogen-bond donors (Lipinski definition) is 0. The van der Waals surface area contributed by atoms with E-state index in [4.69, 9.17) is 14.2 Å². The Morgan fingerprint density at radius 1 is 0.821 bits per heavy atom. The van der Waals surface area contributed by atoms with Crippen LogP contribution >= 0.6 is 22.6 Å². The molecule has 0 bridgehead atoms. The first kappa shape index (κ1) is 25.9. The summed E-state index contributed by atoms with van der Waals surface area (Å²) in [6, 6.07) is 9.09. The summed E-state index contributed by atoms with van der Waals surface area (Å²) < 4.78 is 17.7. The van der Waals surface area contributed by atoms with Gasteiger partial charge in [0, 0.05) is 31.2 Å². The van der Waals surface area contributed by atoms with Gasteiger partial charge in [-0.05, 0) is 36.8 Å². The Morgan fingerprint density at radius 3 is 1.93 bits per heavy atom. The molecule has 0 saturated heterocycles. The van der Waals surface area contributed by atoms with E-state index in [1.165, 1.54) is 49.7 Å². The lowest BCUT2D eigenvalue weighted by molar-refractivity contribution is -0.380. The maximum absolute atomic E-state index is 5.70. The zero-order chi connectivity index (χ0) is 20.8. The molecule has 28 heavy (non-hydrogen) atoms. The summed E-state index contributed by atoms with van der Waals surface area (Å²) in [7, 11) is 5.05. The Balaban J connectivity index is 2.68. The summed E-state index contributed by atoms with van der Waals surface area (Å²) >= 11 is 2.52. The molecule has 0 amide bonds. The quantitative estimate of drug-likeness (QED) is 0.101. The largest absolute Gasteiger partial charge is 0.331 e. The van der Waals surface area contributed by atoms with Gasteiger partial charge in [-0.25, -0.2) is 0 Å². The third-order valence-electron chi connectivity index (χ3n) is 5.74. The summed E-state index contributed by atoms with van der Waals surface area (Å²) in [5.41, 5.74) is 2.78. The molecule has 2 unspecified atom stereocenters. The fourth-order valence-corrected chi connectivity index (χ4v) is 4.30. The SMILES string of the molecule is CCCCCCCCC(CCc1ccc(C(I)CC)cc1)C(OC)(OC)OC. The van der Waals surface area contributed by atoms with Crippen molar-refractivity contribution in [1.82, 2.24) is 0 Å². The van der Waals surface area contributed by atoms with Gasteiger partial charge >= 0.3 is 0 Å². The van der Waals surface area contributed by atoms with Crippen LogP contribution in [0.25, 0.3) is 0 Å². The fraction of sp³-hybridized carbons (Fsp3) is 0.750. The van der Waals surface area contributed by atoms with E-state index in [-0.39, 0.29) is 5.92 Å². The number of ether oxygens (including phenoxy) is 3. The van der Waals surface area contributed by atoms with Crippen LogP contribution in [0.5, 0.6) is 0 Å². The summed E-state index contributed by atoms with van der Waals surface area (Å²) in [6.07, 6.45) is 12.0. The number of halogens is 1. The van der Waals surface area contributed by atoms with E-state index in [2.05, 4.69) is 60.7 Å². The van der Waals surface area contributed by atoms with Crippen molar-refractivity contribution in [3.63, 3.8) is 0 Å². The second-order valence-corrected chi connectivity index (χ2v) is 9.13. The van der Waals surface area contributed by atoms with E-state index < -0.39 is 5.97 Å². The molecule has 0 aromatic heterocycles. The summed E-state index contributed by atoms with van der Waals surface area (Å²) in [4.78, 5) is 0. The Labute approximate surface area is 187 Å². The third-order valence-corrected chi connectivity index (χ3v) is 7.34. The van der Waals surface area contributed by atoms with E-state index in [1.807, 2.05) is 0 Å². The van der Waals surface area contributed by atoms with Crippen LogP contribution in [0.4, 0.5) is 0 Å². The van der Waals surface area contributed by atoms with Crippen molar-refractivity contribution in [3.8, 4) is 0 Å². The molecular formula is C24H41IO3. The van der Waals surface area contributed by atoms with Crippen molar-refractivity contribution < 1.29 is 14.2 Å². The highest BCUT2D eigenvalue weighted by Crippen LogP contribution is 2.33. The second kappa shape index (κ2) is 14.8. The smallest absolute Gasteiger partial charge is 0.285 e. The van der Waals surface area contributed by atoms with Gasteiger partial charge in [0.15, 0.2) is 0 Å². The van der Waals surface area contributed by atoms with Gasteiger partial charge in [0.05, 0.1) is 0 Å². The zero-order valence-corrected chi connectivity index (χ0v) is 20.8. The fourth-order valence-electron chi connectivity index (χ4n) is 3.89. The van der Waals surface area contributed by atoms with Gasteiger partial charge < -0.3 is 14.2 Å². The average molecular weight is 504 g/mol. The van der Waals surface area contributed by atoms with Gasteiger partial charge in [-0.1, -0.05) is 99.2 Å². The van der Waals surface area contributed by atoms with Gasteiger partial charge in [0.1, 0.15) is 0 Å².